The van der Waals surface area contributed by atoms with Crippen LogP contribution in [0.3, 0.4) is 0 Å². The van der Waals surface area contributed by atoms with Crippen molar-refractivity contribution in [1.82, 2.24) is 4.98 Å². The lowest BCUT2D eigenvalue weighted by Gasteiger charge is -2.16. The molecule has 0 spiro atoms. The van der Waals surface area contributed by atoms with E-state index >= 15 is 0 Å². The molecule has 0 saturated carbocycles. The number of nitrogens with zero attached hydrogens (tertiary/aromatic N) is 1. The summed E-state index contributed by atoms with van der Waals surface area (Å²) in [5.74, 6) is 0.382. The van der Waals surface area contributed by atoms with Gasteiger partial charge in [0.15, 0.2) is 0 Å². The molecule has 0 aromatic carbocycles. The van der Waals surface area contributed by atoms with Crippen LogP contribution in [0.4, 0.5) is 0 Å². The van der Waals surface area contributed by atoms with Gasteiger partial charge in [-0.1, -0.05) is 0 Å². The van der Waals surface area contributed by atoms with Gasteiger partial charge in [0.25, 0.3) is 0 Å². The van der Waals surface area contributed by atoms with Gasteiger partial charge in [-0.2, -0.15) is 0 Å². The number of aliphatic hydroxyl groups excluding tert-OH is 3. The van der Waals surface area contributed by atoms with Crippen LogP contribution in [0.2, 0.25) is 0 Å². The highest BCUT2D eigenvalue weighted by atomic mass is 16.5. The number of aliphatic hydroxyl groups is 3. The molecule has 0 aliphatic rings. The summed E-state index contributed by atoms with van der Waals surface area (Å²) in [5, 5.41) is 27.4. The number of pyridine rings is 1. The van der Waals surface area contributed by atoms with Crippen molar-refractivity contribution in [3.63, 3.8) is 0 Å². The van der Waals surface area contributed by atoms with Crippen LogP contribution >= 0.6 is 0 Å². The second-order valence-electron chi connectivity index (χ2n) is 2.79. The van der Waals surface area contributed by atoms with Gasteiger partial charge in [-0.3, -0.25) is 4.98 Å². The maximum atomic E-state index is 9.55. The summed E-state index contributed by atoms with van der Waals surface area (Å²) in [5.41, 5.74) is 0.219. The molecule has 0 aliphatic heterocycles. The fourth-order valence-electron chi connectivity index (χ4n) is 1.08. The van der Waals surface area contributed by atoms with E-state index in [0.29, 0.717) is 5.75 Å². The summed E-state index contributed by atoms with van der Waals surface area (Å²) < 4.78 is 4.95. The van der Waals surface area contributed by atoms with Crippen molar-refractivity contribution < 1.29 is 20.1 Å². The van der Waals surface area contributed by atoms with Crippen molar-refractivity contribution in [3.05, 3.63) is 24.0 Å². The van der Waals surface area contributed by atoms with Gasteiger partial charge in [-0.15, -0.1) is 0 Å². The maximum Gasteiger partial charge on any atom is 0.143 e. The molecule has 1 aromatic rings. The summed E-state index contributed by atoms with van der Waals surface area (Å²) in [4.78, 5) is 3.87. The van der Waals surface area contributed by atoms with Gasteiger partial charge in [0.05, 0.1) is 13.7 Å². The minimum Gasteiger partial charge on any atom is -0.495 e. The van der Waals surface area contributed by atoms with Crippen molar-refractivity contribution in [2.45, 2.75) is 12.2 Å². The Labute approximate surface area is 81.6 Å². The standard InChI is InChI=1S/C9H13NO4/c1-14-7-3-2-4-10-8(7)9(13)6(12)5-11/h2-4,6,9,11-13H,5H2,1H3. The SMILES string of the molecule is COc1cccnc1C(O)C(O)CO. The Balaban J connectivity index is 2.93. The first-order chi connectivity index (χ1) is 6.70. The lowest BCUT2D eigenvalue weighted by molar-refractivity contribution is -0.0183. The van der Waals surface area contributed by atoms with Gasteiger partial charge in [0.1, 0.15) is 23.7 Å². The van der Waals surface area contributed by atoms with E-state index in [0.717, 1.165) is 0 Å². The molecule has 0 radical (unpaired) electrons. The molecular weight excluding hydrogens is 186 g/mol. The highest BCUT2D eigenvalue weighted by molar-refractivity contribution is 5.29. The highest BCUT2D eigenvalue weighted by Gasteiger charge is 2.21. The van der Waals surface area contributed by atoms with Crippen LogP contribution in [0.15, 0.2) is 18.3 Å². The summed E-state index contributed by atoms with van der Waals surface area (Å²) >= 11 is 0. The molecule has 1 rings (SSSR count). The molecular formula is C9H13NO4. The quantitative estimate of drug-likeness (QED) is 0.607. The largest absolute Gasteiger partial charge is 0.495 e. The second kappa shape index (κ2) is 4.90. The zero-order valence-electron chi connectivity index (χ0n) is 7.79. The first kappa shape index (κ1) is 10.9. The molecule has 5 nitrogen and oxygen atoms in total. The molecule has 0 fully saturated rings. The number of rotatable bonds is 4. The van der Waals surface area contributed by atoms with Crippen LogP contribution in [-0.2, 0) is 0 Å². The first-order valence-electron chi connectivity index (χ1n) is 4.16. The normalized spacial score (nSPS) is 14.9. The van der Waals surface area contributed by atoms with E-state index in [-0.39, 0.29) is 5.69 Å². The van der Waals surface area contributed by atoms with E-state index in [1.165, 1.54) is 13.3 Å². The minimum atomic E-state index is -1.25. The van der Waals surface area contributed by atoms with Crippen LogP contribution in [0.1, 0.15) is 11.8 Å². The molecule has 0 aliphatic carbocycles. The van der Waals surface area contributed by atoms with Gasteiger partial charge in [-0.05, 0) is 12.1 Å². The number of hydrogen-bond acceptors (Lipinski definition) is 5. The Hall–Kier alpha value is -1.17. The third-order valence-electron chi connectivity index (χ3n) is 1.85. The average Bonchev–Trinajstić information content (AvgIpc) is 2.26. The van der Waals surface area contributed by atoms with E-state index in [1.807, 2.05) is 0 Å². The Morgan fingerprint density at radius 2 is 2.21 bits per heavy atom. The smallest absolute Gasteiger partial charge is 0.143 e. The lowest BCUT2D eigenvalue weighted by atomic mass is 10.1. The van der Waals surface area contributed by atoms with E-state index in [9.17, 15) is 10.2 Å². The lowest BCUT2D eigenvalue weighted by Crippen LogP contribution is -2.23. The Morgan fingerprint density at radius 1 is 1.50 bits per heavy atom. The third kappa shape index (κ3) is 2.20. The molecule has 5 heteroatoms. The number of aromatic nitrogens is 1. The second-order valence-corrected chi connectivity index (χ2v) is 2.79. The molecule has 0 saturated heterocycles. The van der Waals surface area contributed by atoms with Crippen molar-refractivity contribution in [1.29, 1.82) is 0 Å². The number of ether oxygens (including phenoxy) is 1. The van der Waals surface area contributed by atoms with Crippen LogP contribution < -0.4 is 4.74 Å². The van der Waals surface area contributed by atoms with E-state index in [1.54, 1.807) is 12.1 Å². The summed E-state index contributed by atoms with van der Waals surface area (Å²) in [7, 11) is 1.44. The van der Waals surface area contributed by atoms with Gasteiger partial charge < -0.3 is 20.1 Å². The average molecular weight is 199 g/mol. The van der Waals surface area contributed by atoms with Crippen molar-refractivity contribution >= 4 is 0 Å². The predicted octanol–water partition coefficient (Wildman–Crippen LogP) is -0.523. The molecule has 78 valence electrons. The molecule has 1 heterocycles. The fourth-order valence-corrected chi connectivity index (χ4v) is 1.08. The first-order valence-corrected chi connectivity index (χ1v) is 4.16. The molecule has 2 atom stereocenters. The summed E-state index contributed by atoms with van der Waals surface area (Å²) in [6.07, 6.45) is -1.01. The summed E-state index contributed by atoms with van der Waals surface area (Å²) in [6.45, 7) is -0.527. The van der Waals surface area contributed by atoms with Crippen molar-refractivity contribution in [2.75, 3.05) is 13.7 Å². The van der Waals surface area contributed by atoms with E-state index in [2.05, 4.69) is 4.98 Å². The van der Waals surface area contributed by atoms with Gasteiger partial charge >= 0.3 is 0 Å². The Bertz CT molecular complexity index is 292. The maximum absolute atomic E-state index is 9.55. The Morgan fingerprint density at radius 3 is 2.79 bits per heavy atom. The zero-order valence-corrected chi connectivity index (χ0v) is 7.79. The van der Waals surface area contributed by atoms with Crippen molar-refractivity contribution in [3.8, 4) is 5.75 Å². The van der Waals surface area contributed by atoms with E-state index in [4.69, 9.17) is 9.84 Å². The van der Waals surface area contributed by atoms with E-state index < -0.39 is 18.8 Å². The predicted molar refractivity (Wildman–Crippen MR) is 48.8 cm³/mol. The topological polar surface area (TPSA) is 82.8 Å². The molecule has 0 amide bonds. The van der Waals surface area contributed by atoms with Crippen LogP contribution in [0.5, 0.6) is 5.75 Å². The van der Waals surface area contributed by atoms with Gasteiger partial charge in [0, 0.05) is 6.20 Å². The van der Waals surface area contributed by atoms with Crippen LogP contribution in [0, 0.1) is 0 Å². The molecule has 3 N–H and O–H groups in total. The fraction of sp³-hybridized carbons (Fsp3) is 0.444. The van der Waals surface area contributed by atoms with Crippen LogP contribution in [-0.4, -0.2) is 40.1 Å². The third-order valence-corrected chi connectivity index (χ3v) is 1.85. The number of hydrogen-bond donors (Lipinski definition) is 3. The molecule has 0 bridgehead atoms. The monoisotopic (exact) mass is 199 g/mol. The highest BCUT2D eigenvalue weighted by Crippen LogP contribution is 2.24. The van der Waals surface area contributed by atoms with Crippen LogP contribution in [0.25, 0.3) is 0 Å². The zero-order chi connectivity index (χ0) is 10.6. The molecule has 2 unspecified atom stereocenters. The van der Waals surface area contributed by atoms with Gasteiger partial charge in [0.2, 0.25) is 0 Å². The Kier molecular flexibility index (Phi) is 3.82. The minimum absolute atomic E-state index is 0.219. The molecule has 1 aromatic heterocycles. The van der Waals surface area contributed by atoms with Gasteiger partial charge in [-0.25, -0.2) is 0 Å². The summed E-state index contributed by atoms with van der Waals surface area (Å²) in [6, 6.07) is 3.27. The van der Waals surface area contributed by atoms with Crippen molar-refractivity contribution in [2.24, 2.45) is 0 Å². The molecule has 14 heavy (non-hydrogen) atoms. The number of methoxy groups -OCH3 is 1.